The van der Waals surface area contributed by atoms with Crippen LogP contribution >= 0.6 is 0 Å². The average Bonchev–Trinajstić information content (AvgIpc) is 2.34. The lowest BCUT2D eigenvalue weighted by atomic mass is 10.1. The molecule has 0 heterocycles. The van der Waals surface area contributed by atoms with Gasteiger partial charge in [0.1, 0.15) is 5.75 Å². The number of anilines is 1. The molecule has 0 aromatic heterocycles. The molecular weight excluding hydrogens is 214 g/mol. The van der Waals surface area contributed by atoms with Crippen molar-refractivity contribution in [3.63, 3.8) is 0 Å². The van der Waals surface area contributed by atoms with Gasteiger partial charge in [-0.3, -0.25) is 0 Å². The lowest BCUT2D eigenvalue weighted by molar-refractivity contribution is 0.181. The molecule has 0 saturated heterocycles. The fourth-order valence-electron chi connectivity index (χ4n) is 1.85. The van der Waals surface area contributed by atoms with Crippen LogP contribution in [-0.2, 0) is 0 Å². The minimum absolute atomic E-state index is 0.188. The Kier molecular flexibility index (Phi) is 5.84. The molecule has 0 aliphatic rings. The number of benzene rings is 1. The molecule has 1 rings (SSSR count). The molecule has 0 aliphatic carbocycles. The van der Waals surface area contributed by atoms with E-state index in [0.29, 0.717) is 0 Å². The number of unbranched alkanes of at least 4 members (excludes halogenated alkanes) is 1. The third kappa shape index (κ3) is 4.65. The van der Waals surface area contributed by atoms with Crippen molar-refractivity contribution in [1.82, 2.24) is 0 Å². The van der Waals surface area contributed by atoms with E-state index in [0.717, 1.165) is 37.2 Å². The zero-order chi connectivity index (χ0) is 12.7. The Morgan fingerprint density at radius 2 is 2.00 bits per heavy atom. The lowest BCUT2D eigenvalue weighted by Crippen LogP contribution is -2.19. The topological polar surface area (TPSA) is 32.7 Å². The van der Waals surface area contributed by atoms with E-state index in [9.17, 15) is 5.11 Å². The summed E-state index contributed by atoms with van der Waals surface area (Å²) in [6, 6.07) is 8.03. The Labute approximate surface area is 104 Å². The summed E-state index contributed by atoms with van der Waals surface area (Å²) >= 11 is 0. The molecule has 0 saturated carbocycles. The summed E-state index contributed by atoms with van der Waals surface area (Å²) in [6.07, 6.45) is 2.82. The maximum absolute atomic E-state index is 9.18. The molecule has 0 spiro atoms. The van der Waals surface area contributed by atoms with E-state index in [2.05, 4.69) is 18.0 Å². The number of ether oxygens (including phenoxy) is 1. The fraction of sp³-hybridized carbons (Fsp3) is 0.571. The van der Waals surface area contributed by atoms with Crippen molar-refractivity contribution in [2.24, 2.45) is 0 Å². The molecule has 1 aromatic carbocycles. The normalized spacial score (nSPS) is 12.2. The highest BCUT2D eigenvalue weighted by atomic mass is 16.5. The Morgan fingerprint density at radius 3 is 2.65 bits per heavy atom. The number of para-hydroxylation sites is 2. The summed E-state index contributed by atoms with van der Waals surface area (Å²) < 4.78 is 5.33. The third-order valence-corrected chi connectivity index (χ3v) is 2.86. The molecule has 0 fully saturated rings. The van der Waals surface area contributed by atoms with Gasteiger partial charge in [0.2, 0.25) is 0 Å². The molecule has 96 valence electrons. The fourth-order valence-corrected chi connectivity index (χ4v) is 1.85. The summed E-state index contributed by atoms with van der Waals surface area (Å²) in [6.45, 7) is 2.82. The second-order valence-electron chi connectivity index (χ2n) is 4.44. The van der Waals surface area contributed by atoms with Crippen LogP contribution < -0.4 is 9.64 Å². The van der Waals surface area contributed by atoms with Gasteiger partial charge < -0.3 is 14.7 Å². The first-order valence-corrected chi connectivity index (χ1v) is 6.17. The SMILES string of the molecule is COc1ccccc1N(C)CCCCC(C)O. The number of aliphatic hydroxyl groups excluding tert-OH is 1. The first-order valence-electron chi connectivity index (χ1n) is 6.17. The van der Waals surface area contributed by atoms with Gasteiger partial charge in [0, 0.05) is 13.6 Å². The van der Waals surface area contributed by atoms with Crippen molar-refractivity contribution in [1.29, 1.82) is 0 Å². The zero-order valence-electron chi connectivity index (χ0n) is 11.0. The monoisotopic (exact) mass is 237 g/mol. The molecular formula is C14H23NO2. The van der Waals surface area contributed by atoms with Gasteiger partial charge in [-0.25, -0.2) is 0 Å². The molecule has 3 nitrogen and oxygen atoms in total. The molecule has 1 N–H and O–H groups in total. The van der Waals surface area contributed by atoms with Gasteiger partial charge in [0.25, 0.3) is 0 Å². The summed E-state index contributed by atoms with van der Waals surface area (Å²) in [5, 5.41) is 9.18. The summed E-state index contributed by atoms with van der Waals surface area (Å²) in [7, 11) is 3.76. The number of rotatable bonds is 7. The van der Waals surface area contributed by atoms with Crippen molar-refractivity contribution in [3.05, 3.63) is 24.3 Å². The van der Waals surface area contributed by atoms with E-state index in [1.54, 1.807) is 7.11 Å². The second-order valence-corrected chi connectivity index (χ2v) is 4.44. The smallest absolute Gasteiger partial charge is 0.142 e. The number of hydrogen-bond acceptors (Lipinski definition) is 3. The van der Waals surface area contributed by atoms with Crippen LogP contribution in [0.1, 0.15) is 26.2 Å². The number of hydrogen-bond donors (Lipinski definition) is 1. The van der Waals surface area contributed by atoms with Crippen LogP contribution in [0.4, 0.5) is 5.69 Å². The maximum Gasteiger partial charge on any atom is 0.142 e. The minimum atomic E-state index is -0.188. The summed E-state index contributed by atoms with van der Waals surface area (Å²) in [5.41, 5.74) is 1.12. The van der Waals surface area contributed by atoms with Crippen molar-refractivity contribution >= 4 is 5.69 Å². The van der Waals surface area contributed by atoms with Gasteiger partial charge in [-0.2, -0.15) is 0 Å². The molecule has 0 bridgehead atoms. The van der Waals surface area contributed by atoms with Crippen LogP contribution in [0.25, 0.3) is 0 Å². The summed E-state index contributed by atoms with van der Waals surface area (Å²) in [5.74, 6) is 0.908. The number of aliphatic hydroxyl groups is 1. The largest absolute Gasteiger partial charge is 0.495 e. The van der Waals surface area contributed by atoms with Crippen molar-refractivity contribution in [2.75, 3.05) is 25.6 Å². The number of methoxy groups -OCH3 is 1. The molecule has 1 unspecified atom stereocenters. The Hall–Kier alpha value is -1.22. The van der Waals surface area contributed by atoms with Crippen LogP contribution in [0.15, 0.2) is 24.3 Å². The third-order valence-electron chi connectivity index (χ3n) is 2.86. The van der Waals surface area contributed by atoms with E-state index in [4.69, 9.17) is 4.74 Å². The van der Waals surface area contributed by atoms with E-state index < -0.39 is 0 Å². The van der Waals surface area contributed by atoms with Gasteiger partial charge in [0.15, 0.2) is 0 Å². The van der Waals surface area contributed by atoms with Crippen LogP contribution in [0.3, 0.4) is 0 Å². The van der Waals surface area contributed by atoms with Gasteiger partial charge >= 0.3 is 0 Å². The zero-order valence-corrected chi connectivity index (χ0v) is 11.0. The highest BCUT2D eigenvalue weighted by molar-refractivity contribution is 5.57. The molecule has 1 aromatic rings. The molecule has 0 radical (unpaired) electrons. The minimum Gasteiger partial charge on any atom is -0.495 e. The van der Waals surface area contributed by atoms with Crippen LogP contribution in [0, 0.1) is 0 Å². The van der Waals surface area contributed by atoms with Gasteiger partial charge in [0.05, 0.1) is 18.9 Å². The second kappa shape index (κ2) is 7.17. The van der Waals surface area contributed by atoms with Crippen LogP contribution in [0.5, 0.6) is 5.75 Å². The van der Waals surface area contributed by atoms with Gasteiger partial charge in [-0.15, -0.1) is 0 Å². The first-order chi connectivity index (χ1) is 8.15. The summed E-state index contributed by atoms with van der Waals surface area (Å²) in [4.78, 5) is 2.20. The Bertz CT molecular complexity index is 326. The molecule has 17 heavy (non-hydrogen) atoms. The molecule has 1 atom stereocenters. The standard InChI is InChI=1S/C14H23NO2/c1-12(16)8-6-7-11-15(2)13-9-4-5-10-14(13)17-3/h4-5,9-10,12,16H,6-8,11H2,1-3H3. The average molecular weight is 237 g/mol. The van der Waals surface area contributed by atoms with E-state index in [1.807, 2.05) is 25.1 Å². The van der Waals surface area contributed by atoms with E-state index in [-0.39, 0.29) is 6.10 Å². The quantitative estimate of drug-likeness (QED) is 0.740. The predicted molar refractivity (Wildman–Crippen MR) is 71.8 cm³/mol. The maximum atomic E-state index is 9.18. The lowest BCUT2D eigenvalue weighted by Gasteiger charge is -2.21. The van der Waals surface area contributed by atoms with Crippen LogP contribution in [0.2, 0.25) is 0 Å². The first kappa shape index (κ1) is 13.8. The van der Waals surface area contributed by atoms with Gasteiger partial charge in [-0.1, -0.05) is 12.1 Å². The highest BCUT2D eigenvalue weighted by Crippen LogP contribution is 2.26. The van der Waals surface area contributed by atoms with Gasteiger partial charge in [-0.05, 0) is 38.3 Å². The van der Waals surface area contributed by atoms with Crippen molar-refractivity contribution < 1.29 is 9.84 Å². The number of nitrogens with zero attached hydrogens (tertiary/aromatic N) is 1. The van der Waals surface area contributed by atoms with Crippen molar-refractivity contribution in [2.45, 2.75) is 32.3 Å². The van der Waals surface area contributed by atoms with Crippen molar-refractivity contribution in [3.8, 4) is 5.75 Å². The predicted octanol–water partition coefficient (Wildman–Crippen LogP) is 2.68. The van der Waals surface area contributed by atoms with E-state index in [1.165, 1.54) is 0 Å². The Morgan fingerprint density at radius 1 is 1.29 bits per heavy atom. The Balaban J connectivity index is 2.43. The molecule has 3 heteroatoms. The molecule has 0 amide bonds. The highest BCUT2D eigenvalue weighted by Gasteiger charge is 2.06. The van der Waals surface area contributed by atoms with E-state index >= 15 is 0 Å². The van der Waals surface area contributed by atoms with Crippen LogP contribution in [-0.4, -0.2) is 31.9 Å². The molecule has 0 aliphatic heterocycles.